The van der Waals surface area contributed by atoms with Crippen molar-refractivity contribution < 1.29 is 14.5 Å². The summed E-state index contributed by atoms with van der Waals surface area (Å²) in [7, 11) is 1.62. The Morgan fingerprint density at radius 2 is 1.64 bits per heavy atom. The first-order valence-electron chi connectivity index (χ1n) is 9.09. The molecule has 28 heavy (non-hydrogen) atoms. The second kappa shape index (κ2) is 8.56. The molecule has 0 aromatic heterocycles. The van der Waals surface area contributed by atoms with Gasteiger partial charge in [0.1, 0.15) is 5.75 Å². The number of rotatable bonds is 5. The summed E-state index contributed by atoms with van der Waals surface area (Å²) in [6.07, 6.45) is 1.67. The van der Waals surface area contributed by atoms with Crippen LogP contribution in [-0.2, 0) is 4.79 Å². The number of hydrogen-bond donors (Lipinski definition) is 0. The monoisotopic (exact) mass is 381 g/mol. The number of amides is 1. The SMILES string of the molecule is COc1ccc(/C(C)=C/C(=O)N2CCN(c3ccc([N+](=O)[O-])cc3)CC2)cc1. The number of piperazine rings is 1. The van der Waals surface area contributed by atoms with E-state index in [2.05, 4.69) is 4.90 Å². The Hall–Kier alpha value is -3.35. The number of non-ortho nitro benzene ring substituents is 1. The number of nitrogens with zero attached hydrogens (tertiary/aromatic N) is 3. The van der Waals surface area contributed by atoms with Crippen molar-refractivity contribution in [1.82, 2.24) is 4.90 Å². The zero-order valence-electron chi connectivity index (χ0n) is 16.0. The zero-order valence-corrected chi connectivity index (χ0v) is 16.0. The third-order valence-corrected chi connectivity index (χ3v) is 4.90. The molecule has 0 bridgehead atoms. The van der Waals surface area contributed by atoms with Crippen LogP contribution in [0.4, 0.5) is 11.4 Å². The van der Waals surface area contributed by atoms with Gasteiger partial charge in [-0.25, -0.2) is 0 Å². The maximum absolute atomic E-state index is 12.6. The lowest BCUT2D eigenvalue weighted by atomic mass is 10.1. The molecule has 0 radical (unpaired) electrons. The lowest BCUT2D eigenvalue weighted by Crippen LogP contribution is -2.48. The van der Waals surface area contributed by atoms with Crippen LogP contribution in [0.3, 0.4) is 0 Å². The molecule has 3 rings (SSSR count). The van der Waals surface area contributed by atoms with Crippen molar-refractivity contribution in [3.05, 3.63) is 70.3 Å². The molecule has 2 aromatic rings. The quantitative estimate of drug-likeness (QED) is 0.451. The van der Waals surface area contributed by atoms with Crippen LogP contribution < -0.4 is 9.64 Å². The summed E-state index contributed by atoms with van der Waals surface area (Å²) in [6.45, 7) is 4.54. The molecule has 7 nitrogen and oxygen atoms in total. The van der Waals surface area contributed by atoms with E-state index in [0.717, 1.165) is 22.6 Å². The van der Waals surface area contributed by atoms with E-state index in [-0.39, 0.29) is 11.6 Å². The van der Waals surface area contributed by atoms with Crippen LogP contribution in [-0.4, -0.2) is 49.0 Å². The smallest absolute Gasteiger partial charge is 0.269 e. The number of allylic oxidation sites excluding steroid dienone is 1. The van der Waals surface area contributed by atoms with Crippen molar-refractivity contribution in [2.24, 2.45) is 0 Å². The minimum Gasteiger partial charge on any atom is -0.497 e. The van der Waals surface area contributed by atoms with Crippen LogP contribution >= 0.6 is 0 Å². The molecule has 0 saturated carbocycles. The van der Waals surface area contributed by atoms with Gasteiger partial charge in [0.2, 0.25) is 5.91 Å². The Kier molecular flexibility index (Phi) is 5.93. The zero-order chi connectivity index (χ0) is 20.1. The van der Waals surface area contributed by atoms with Crippen molar-refractivity contribution in [2.45, 2.75) is 6.92 Å². The lowest BCUT2D eigenvalue weighted by molar-refractivity contribution is -0.384. The van der Waals surface area contributed by atoms with Gasteiger partial charge in [-0.3, -0.25) is 14.9 Å². The molecule has 146 valence electrons. The summed E-state index contributed by atoms with van der Waals surface area (Å²) in [5.74, 6) is 0.780. The molecule has 1 saturated heterocycles. The van der Waals surface area contributed by atoms with E-state index < -0.39 is 4.92 Å². The maximum Gasteiger partial charge on any atom is 0.269 e. The lowest BCUT2D eigenvalue weighted by Gasteiger charge is -2.35. The fourth-order valence-corrected chi connectivity index (χ4v) is 3.18. The molecule has 2 aromatic carbocycles. The number of carbonyl (C=O) groups excluding carboxylic acids is 1. The minimum atomic E-state index is -0.405. The van der Waals surface area contributed by atoms with Crippen LogP contribution in [0.5, 0.6) is 5.75 Å². The Balaban J connectivity index is 1.59. The average molecular weight is 381 g/mol. The first-order valence-corrected chi connectivity index (χ1v) is 9.09. The molecule has 1 amide bonds. The number of methoxy groups -OCH3 is 1. The standard InChI is InChI=1S/C21H23N3O4/c1-16(17-3-9-20(28-2)10-4-17)15-21(25)23-13-11-22(12-14-23)18-5-7-19(8-6-18)24(26)27/h3-10,15H,11-14H2,1-2H3/b16-15+. The van der Waals surface area contributed by atoms with Gasteiger partial charge in [-0.05, 0) is 42.3 Å². The summed E-state index contributed by atoms with van der Waals surface area (Å²) in [5, 5.41) is 10.8. The third-order valence-electron chi connectivity index (χ3n) is 4.90. The normalized spacial score (nSPS) is 14.7. The first kappa shape index (κ1) is 19.4. The maximum atomic E-state index is 12.6. The number of anilines is 1. The van der Waals surface area contributed by atoms with E-state index in [1.54, 1.807) is 25.3 Å². The molecule has 0 N–H and O–H groups in total. The van der Waals surface area contributed by atoms with Crippen LogP contribution in [0.25, 0.3) is 5.57 Å². The summed E-state index contributed by atoms with van der Waals surface area (Å²) < 4.78 is 5.16. The Labute approximate surface area is 164 Å². The highest BCUT2D eigenvalue weighted by molar-refractivity contribution is 5.95. The summed E-state index contributed by atoms with van der Waals surface area (Å²) in [6, 6.07) is 14.1. The van der Waals surface area contributed by atoms with Gasteiger partial charge in [0.15, 0.2) is 0 Å². The highest BCUT2D eigenvalue weighted by atomic mass is 16.6. The van der Waals surface area contributed by atoms with Crippen LogP contribution in [0.2, 0.25) is 0 Å². The number of hydrogen-bond acceptors (Lipinski definition) is 5. The summed E-state index contributed by atoms with van der Waals surface area (Å²) in [4.78, 5) is 26.9. The fraction of sp³-hybridized carbons (Fsp3) is 0.286. The molecule has 1 heterocycles. The molecule has 1 fully saturated rings. The highest BCUT2D eigenvalue weighted by Crippen LogP contribution is 2.22. The predicted molar refractivity (Wildman–Crippen MR) is 109 cm³/mol. The summed E-state index contributed by atoms with van der Waals surface area (Å²) >= 11 is 0. The van der Waals surface area contributed by atoms with E-state index in [1.165, 1.54) is 12.1 Å². The Morgan fingerprint density at radius 1 is 1.04 bits per heavy atom. The molecular formula is C21H23N3O4. The first-order chi connectivity index (χ1) is 13.5. The van der Waals surface area contributed by atoms with Gasteiger partial charge in [-0.2, -0.15) is 0 Å². The van der Waals surface area contributed by atoms with Gasteiger partial charge in [0.25, 0.3) is 5.69 Å². The molecule has 0 unspecified atom stereocenters. The van der Waals surface area contributed by atoms with Gasteiger partial charge in [-0.1, -0.05) is 12.1 Å². The highest BCUT2D eigenvalue weighted by Gasteiger charge is 2.20. The summed E-state index contributed by atoms with van der Waals surface area (Å²) in [5.41, 5.74) is 2.91. The third kappa shape index (κ3) is 4.49. The largest absolute Gasteiger partial charge is 0.497 e. The van der Waals surface area contributed by atoms with E-state index in [4.69, 9.17) is 4.74 Å². The van der Waals surface area contributed by atoms with E-state index in [1.807, 2.05) is 36.1 Å². The Morgan fingerprint density at radius 3 is 2.18 bits per heavy atom. The minimum absolute atomic E-state index is 0.00309. The second-order valence-electron chi connectivity index (χ2n) is 6.64. The van der Waals surface area contributed by atoms with Gasteiger partial charge in [-0.15, -0.1) is 0 Å². The van der Waals surface area contributed by atoms with Gasteiger partial charge in [0, 0.05) is 50.1 Å². The number of ether oxygens (including phenoxy) is 1. The molecule has 1 aliphatic rings. The topological polar surface area (TPSA) is 75.9 Å². The number of nitro benzene ring substituents is 1. The van der Waals surface area contributed by atoms with Crippen LogP contribution in [0.15, 0.2) is 54.6 Å². The molecule has 7 heteroatoms. The van der Waals surface area contributed by atoms with Crippen molar-refractivity contribution in [3.63, 3.8) is 0 Å². The predicted octanol–water partition coefficient (Wildman–Crippen LogP) is 3.36. The number of nitro groups is 1. The molecular weight excluding hydrogens is 358 g/mol. The van der Waals surface area contributed by atoms with Crippen molar-refractivity contribution in [1.29, 1.82) is 0 Å². The van der Waals surface area contributed by atoms with E-state index in [0.29, 0.717) is 26.2 Å². The van der Waals surface area contributed by atoms with Crippen LogP contribution in [0, 0.1) is 10.1 Å². The van der Waals surface area contributed by atoms with Crippen molar-refractivity contribution in [3.8, 4) is 5.75 Å². The van der Waals surface area contributed by atoms with Crippen LogP contribution in [0.1, 0.15) is 12.5 Å². The van der Waals surface area contributed by atoms with E-state index >= 15 is 0 Å². The molecule has 1 aliphatic heterocycles. The van der Waals surface area contributed by atoms with Gasteiger partial charge < -0.3 is 14.5 Å². The number of benzene rings is 2. The van der Waals surface area contributed by atoms with Gasteiger partial charge >= 0.3 is 0 Å². The average Bonchev–Trinajstić information content (AvgIpc) is 2.74. The van der Waals surface area contributed by atoms with E-state index in [9.17, 15) is 14.9 Å². The van der Waals surface area contributed by atoms with Crippen molar-refractivity contribution in [2.75, 3.05) is 38.2 Å². The second-order valence-corrected chi connectivity index (χ2v) is 6.64. The fourth-order valence-electron chi connectivity index (χ4n) is 3.18. The molecule has 0 spiro atoms. The molecule has 0 atom stereocenters. The number of carbonyl (C=O) groups is 1. The van der Waals surface area contributed by atoms with Crippen molar-refractivity contribution >= 4 is 22.9 Å². The Bertz CT molecular complexity index is 868. The van der Waals surface area contributed by atoms with Gasteiger partial charge in [0.05, 0.1) is 12.0 Å². The molecule has 0 aliphatic carbocycles.